The van der Waals surface area contributed by atoms with E-state index in [1.54, 1.807) is 18.1 Å². The van der Waals surface area contributed by atoms with Gasteiger partial charge in [-0.15, -0.1) is 0 Å². The number of anilines is 1. The number of aryl methyl sites for hydroxylation is 1. The summed E-state index contributed by atoms with van der Waals surface area (Å²) in [5, 5.41) is 0. The maximum Gasteiger partial charge on any atom is 0.331 e. The van der Waals surface area contributed by atoms with E-state index in [2.05, 4.69) is 38.5 Å². The van der Waals surface area contributed by atoms with Gasteiger partial charge in [-0.05, 0) is 90.7 Å². The summed E-state index contributed by atoms with van der Waals surface area (Å²) in [4.78, 5) is 26.9. The summed E-state index contributed by atoms with van der Waals surface area (Å²) in [5.74, 6) is 0.291. The molecule has 0 saturated heterocycles. The molecule has 166 valence electrons. The maximum absolute atomic E-state index is 12.9. The molecule has 7 heteroatoms. The number of hydrogen-bond acceptors (Lipinski definition) is 4. The summed E-state index contributed by atoms with van der Waals surface area (Å²) < 4.78 is 11.7. The molecule has 0 radical (unpaired) electrons. The van der Waals surface area contributed by atoms with Crippen molar-refractivity contribution in [3.8, 4) is 5.75 Å². The molecule has 2 rings (SSSR count). The van der Waals surface area contributed by atoms with Crippen LogP contribution in [0.4, 0.5) is 5.69 Å². The Balaban J connectivity index is 2.47. The highest BCUT2D eigenvalue weighted by molar-refractivity contribution is 14.1. The third-order valence-corrected chi connectivity index (χ3v) is 5.49. The number of amides is 1. The normalized spacial score (nSPS) is 11.5. The lowest BCUT2D eigenvalue weighted by Crippen LogP contribution is -2.32. The summed E-state index contributed by atoms with van der Waals surface area (Å²) >= 11 is 5.69. The highest BCUT2D eigenvalue weighted by Gasteiger charge is 2.21. The highest BCUT2D eigenvalue weighted by Crippen LogP contribution is 2.34. The minimum atomic E-state index is -0.574. The minimum Gasteiger partial charge on any atom is -0.497 e. The zero-order chi connectivity index (χ0) is 23.2. The molecule has 2 aromatic rings. The largest absolute Gasteiger partial charge is 0.497 e. The number of carbonyl (C=O) groups is 2. The van der Waals surface area contributed by atoms with Gasteiger partial charge in [-0.25, -0.2) is 4.79 Å². The smallest absolute Gasteiger partial charge is 0.331 e. The molecule has 0 aromatic heterocycles. The topological polar surface area (TPSA) is 55.8 Å². The zero-order valence-electron chi connectivity index (χ0n) is 18.4. The van der Waals surface area contributed by atoms with E-state index < -0.39 is 11.6 Å². The van der Waals surface area contributed by atoms with Crippen molar-refractivity contribution in [2.75, 3.05) is 16.4 Å². The van der Waals surface area contributed by atoms with Gasteiger partial charge in [0, 0.05) is 10.5 Å². The van der Waals surface area contributed by atoms with Gasteiger partial charge in [-0.1, -0.05) is 34.7 Å². The van der Waals surface area contributed by atoms with Crippen molar-refractivity contribution in [3.63, 3.8) is 0 Å². The van der Waals surface area contributed by atoms with E-state index in [1.807, 2.05) is 64.1 Å². The summed E-state index contributed by atoms with van der Waals surface area (Å²) in [6, 6.07) is 11.5. The fraction of sp³-hybridized carbons (Fsp3) is 0.333. The summed E-state index contributed by atoms with van der Waals surface area (Å²) in [6.45, 7) is 7.82. The Bertz CT molecular complexity index is 965. The van der Waals surface area contributed by atoms with Crippen LogP contribution in [0.3, 0.4) is 0 Å². The Morgan fingerprint density at radius 1 is 1.16 bits per heavy atom. The molecule has 0 heterocycles. The Kier molecular flexibility index (Phi) is 9.12. The van der Waals surface area contributed by atoms with Gasteiger partial charge in [0.05, 0.1) is 23.8 Å². The molecule has 1 amide bonds. The molecule has 5 nitrogen and oxygen atoms in total. The fourth-order valence-electron chi connectivity index (χ4n) is 2.94. The highest BCUT2D eigenvalue weighted by atomic mass is 127. The SMILES string of the molecule is COc1ccc(CN(C(=O)CI)c2c(Br)cc(C)cc2/C=C/C(=O)OC(C)(C)C)cc1. The molecule has 0 bridgehead atoms. The Morgan fingerprint density at radius 2 is 1.81 bits per heavy atom. The first-order valence-electron chi connectivity index (χ1n) is 9.74. The van der Waals surface area contributed by atoms with Crippen molar-refractivity contribution >= 4 is 62.2 Å². The van der Waals surface area contributed by atoms with Gasteiger partial charge in [0.2, 0.25) is 5.91 Å². The molecule has 0 unspecified atom stereocenters. The first-order chi connectivity index (χ1) is 14.5. The second kappa shape index (κ2) is 11.1. The number of carbonyl (C=O) groups excluding carboxylic acids is 2. The lowest BCUT2D eigenvalue weighted by molar-refractivity contribution is -0.148. The summed E-state index contributed by atoms with van der Waals surface area (Å²) in [5.41, 5.74) is 2.86. The van der Waals surface area contributed by atoms with Gasteiger partial charge in [0.15, 0.2) is 0 Å². The van der Waals surface area contributed by atoms with Crippen LogP contribution in [0, 0.1) is 6.92 Å². The van der Waals surface area contributed by atoms with E-state index in [1.165, 1.54) is 6.08 Å². The second-order valence-corrected chi connectivity index (χ2v) is 9.63. The average Bonchev–Trinajstić information content (AvgIpc) is 2.69. The van der Waals surface area contributed by atoms with Crippen LogP contribution >= 0.6 is 38.5 Å². The van der Waals surface area contributed by atoms with Crippen LogP contribution in [-0.2, 0) is 20.9 Å². The second-order valence-electron chi connectivity index (χ2n) is 8.01. The number of ether oxygens (including phenoxy) is 2. The molecule has 0 atom stereocenters. The lowest BCUT2D eigenvalue weighted by Gasteiger charge is -2.26. The van der Waals surface area contributed by atoms with Gasteiger partial charge in [0.25, 0.3) is 0 Å². The molecular weight excluding hydrogens is 573 g/mol. The standard InChI is InChI=1S/C24H27BrINO4/c1-16-12-18(8-11-22(29)31-24(2,3)4)23(20(25)13-16)27(21(28)14-26)15-17-6-9-19(30-5)10-7-17/h6-13H,14-15H2,1-5H3/b11-8+. The van der Waals surface area contributed by atoms with Crippen LogP contribution < -0.4 is 9.64 Å². The van der Waals surface area contributed by atoms with Gasteiger partial charge in [-0.3, -0.25) is 4.79 Å². The number of nitrogens with zero attached hydrogens (tertiary/aromatic N) is 1. The van der Waals surface area contributed by atoms with Crippen molar-refractivity contribution in [1.29, 1.82) is 0 Å². The molecule has 0 aliphatic carbocycles. The Labute approximate surface area is 206 Å². The maximum atomic E-state index is 12.9. The van der Waals surface area contributed by atoms with Crippen LogP contribution in [0.2, 0.25) is 0 Å². The Morgan fingerprint density at radius 3 is 2.35 bits per heavy atom. The number of alkyl halides is 1. The predicted molar refractivity (Wildman–Crippen MR) is 137 cm³/mol. The molecule has 0 saturated carbocycles. The molecule has 2 aromatic carbocycles. The van der Waals surface area contributed by atoms with Crippen molar-refractivity contribution in [2.24, 2.45) is 0 Å². The Hall–Kier alpha value is -1.87. The minimum absolute atomic E-state index is 0.0344. The lowest BCUT2D eigenvalue weighted by atomic mass is 10.1. The van der Waals surface area contributed by atoms with E-state index in [4.69, 9.17) is 9.47 Å². The van der Waals surface area contributed by atoms with Crippen LogP contribution in [-0.4, -0.2) is 29.0 Å². The first-order valence-corrected chi connectivity index (χ1v) is 12.1. The zero-order valence-corrected chi connectivity index (χ0v) is 22.1. The van der Waals surface area contributed by atoms with E-state index in [0.717, 1.165) is 26.9 Å². The van der Waals surface area contributed by atoms with Gasteiger partial charge in [0.1, 0.15) is 11.4 Å². The third kappa shape index (κ3) is 7.64. The monoisotopic (exact) mass is 599 g/mol. The number of rotatable bonds is 7. The van der Waals surface area contributed by atoms with Gasteiger partial charge >= 0.3 is 5.97 Å². The van der Waals surface area contributed by atoms with Crippen molar-refractivity contribution < 1.29 is 19.1 Å². The molecule has 31 heavy (non-hydrogen) atoms. The average molecular weight is 600 g/mol. The van der Waals surface area contributed by atoms with E-state index in [0.29, 0.717) is 16.7 Å². The van der Waals surface area contributed by atoms with Crippen molar-refractivity contribution in [3.05, 3.63) is 63.6 Å². The van der Waals surface area contributed by atoms with Gasteiger partial charge in [-0.2, -0.15) is 0 Å². The molecule has 0 fully saturated rings. The van der Waals surface area contributed by atoms with Gasteiger partial charge < -0.3 is 14.4 Å². The quantitative estimate of drug-likeness (QED) is 0.167. The predicted octanol–water partition coefficient (Wildman–Crippen LogP) is 6.09. The number of esters is 1. The summed E-state index contributed by atoms with van der Waals surface area (Å²) in [6.07, 6.45) is 3.10. The molecule has 0 aliphatic rings. The first kappa shape index (κ1) is 25.4. The van der Waals surface area contributed by atoms with Crippen LogP contribution in [0.5, 0.6) is 5.75 Å². The number of benzene rings is 2. The third-order valence-electron chi connectivity index (χ3n) is 4.23. The van der Waals surface area contributed by atoms with Crippen LogP contribution in [0.15, 0.2) is 46.9 Å². The van der Waals surface area contributed by atoms with E-state index in [-0.39, 0.29) is 5.91 Å². The summed E-state index contributed by atoms with van der Waals surface area (Å²) in [7, 11) is 1.62. The number of halogens is 2. The molecule has 0 N–H and O–H groups in total. The van der Waals surface area contributed by atoms with Crippen LogP contribution in [0.25, 0.3) is 6.08 Å². The van der Waals surface area contributed by atoms with Crippen molar-refractivity contribution in [1.82, 2.24) is 0 Å². The number of methoxy groups -OCH3 is 1. The van der Waals surface area contributed by atoms with Crippen molar-refractivity contribution in [2.45, 2.75) is 39.8 Å². The fourth-order valence-corrected chi connectivity index (χ4v) is 4.16. The molecular formula is C24H27BrINO4. The van der Waals surface area contributed by atoms with Crippen LogP contribution in [0.1, 0.15) is 37.5 Å². The van der Waals surface area contributed by atoms with E-state index in [9.17, 15) is 9.59 Å². The van der Waals surface area contributed by atoms with E-state index >= 15 is 0 Å². The number of hydrogen-bond donors (Lipinski definition) is 0. The molecule has 0 aliphatic heterocycles. The molecule has 0 spiro atoms.